The van der Waals surface area contributed by atoms with Crippen LogP contribution in [-0.2, 0) is 9.84 Å². The van der Waals surface area contributed by atoms with Crippen LogP contribution in [0.4, 0.5) is 0 Å². The van der Waals surface area contributed by atoms with E-state index in [9.17, 15) is 13.2 Å². The van der Waals surface area contributed by atoms with Crippen molar-refractivity contribution in [2.45, 2.75) is 12.5 Å². The third kappa shape index (κ3) is 4.28. The molecule has 9 heteroatoms. The largest absolute Gasteiger partial charge is 0.349 e. The first-order valence-electron chi connectivity index (χ1n) is 8.12. The molecule has 3 rings (SSSR count). The van der Waals surface area contributed by atoms with Crippen LogP contribution in [-0.4, -0.2) is 67.7 Å². The Kier molecular flexibility index (Phi) is 5.26. The van der Waals surface area contributed by atoms with Crippen molar-refractivity contribution in [2.75, 3.05) is 38.7 Å². The molecule has 0 saturated carbocycles. The Hall–Kier alpha value is -1.71. The van der Waals surface area contributed by atoms with E-state index >= 15 is 0 Å². The smallest absolute Gasteiger partial charge is 0.271 e. The van der Waals surface area contributed by atoms with Crippen molar-refractivity contribution in [3.63, 3.8) is 0 Å². The van der Waals surface area contributed by atoms with Crippen molar-refractivity contribution < 1.29 is 13.2 Å². The monoisotopic (exact) mass is 382 g/mol. The van der Waals surface area contributed by atoms with Gasteiger partial charge < -0.3 is 10.2 Å². The first-order valence-corrected chi connectivity index (χ1v) is 10.8. The second-order valence-corrected chi connectivity index (χ2v) is 9.63. The van der Waals surface area contributed by atoms with Crippen molar-refractivity contribution in [1.82, 2.24) is 20.0 Å². The lowest BCUT2D eigenvalue weighted by Crippen LogP contribution is -2.31. The molecule has 1 fully saturated rings. The zero-order valence-corrected chi connectivity index (χ0v) is 15.9. The molecule has 7 nitrogen and oxygen atoms in total. The molecular weight excluding hydrogens is 360 g/mol. The number of hydrogen-bond donors (Lipinski definition) is 1. The van der Waals surface area contributed by atoms with Crippen molar-refractivity contribution in [3.8, 4) is 10.6 Å². The zero-order valence-electron chi connectivity index (χ0n) is 14.3. The van der Waals surface area contributed by atoms with Crippen molar-refractivity contribution in [3.05, 3.63) is 29.3 Å². The maximum Gasteiger partial charge on any atom is 0.271 e. The van der Waals surface area contributed by atoms with Gasteiger partial charge in [-0.3, -0.25) is 9.48 Å². The number of sulfone groups is 1. The number of aromatic nitrogens is 2. The van der Waals surface area contributed by atoms with E-state index in [0.29, 0.717) is 18.7 Å². The number of carbonyl (C=O) groups is 1. The minimum absolute atomic E-state index is 0.0781. The van der Waals surface area contributed by atoms with Gasteiger partial charge >= 0.3 is 0 Å². The molecule has 0 spiro atoms. The predicted octanol–water partition coefficient (Wildman–Crippen LogP) is 1.26. The Bertz CT molecular complexity index is 841. The number of rotatable bonds is 6. The second-order valence-electron chi connectivity index (χ2n) is 6.45. The molecule has 0 radical (unpaired) electrons. The third-order valence-corrected chi connectivity index (χ3v) is 6.78. The van der Waals surface area contributed by atoms with Crippen LogP contribution in [0, 0.1) is 0 Å². The molecule has 1 atom stereocenters. The van der Waals surface area contributed by atoms with Crippen LogP contribution >= 0.6 is 11.3 Å². The molecule has 1 unspecified atom stereocenters. The van der Waals surface area contributed by atoms with Crippen molar-refractivity contribution in [2.24, 2.45) is 0 Å². The van der Waals surface area contributed by atoms with E-state index in [1.54, 1.807) is 22.1 Å². The molecule has 0 aliphatic carbocycles. The molecule has 0 bridgehead atoms. The summed E-state index contributed by atoms with van der Waals surface area (Å²) in [6.45, 7) is 1.27. The fraction of sp³-hybridized carbons (Fsp3) is 0.500. The fourth-order valence-corrected chi connectivity index (χ4v) is 5.27. The van der Waals surface area contributed by atoms with E-state index in [-0.39, 0.29) is 23.5 Å². The number of likely N-dealkylation sites (N-methyl/N-ethyl adjacent to an activating group) is 1. The Morgan fingerprint density at radius 3 is 2.88 bits per heavy atom. The van der Waals surface area contributed by atoms with Gasteiger partial charge in [0.05, 0.1) is 28.1 Å². The molecule has 1 aliphatic heterocycles. The SMILES string of the molecule is CN(C)CCNC(=O)c1cc(-c2cccs2)n(C2CCS(=O)(=O)C2)n1. The van der Waals surface area contributed by atoms with E-state index in [1.165, 1.54) is 0 Å². The molecule has 0 aromatic carbocycles. The van der Waals surface area contributed by atoms with E-state index in [0.717, 1.165) is 17.1 Å². The zero-order chi connectivity index (χ0) is 18.0. The van der Waals surface area contributed by atoms with E-state index < -0.39 is 9.84 Å². The van der Waals surface area contributed by atoms with Crippen molar-refractivity contribution in [1.29, 1.82) is 0 Å². The number of amides is 1. The molecule has 2 aromatic heterocycles. The summed E-state index contributed by atoms with van der Waals surface area (Å²) >= 11 is 1.55. The summed E-state index contributed by atoms with van der Waals surface area (Å²) in [5, 5.41) is 9.25. The van der Waals surface area contributed by atoms with Gasteiger partial charge in [-0.25, -0.2) is 8.42 Å². The van der Waals surface area contributed by atoms with E-state index in [1.807, 2.05) is 36.5 Å². The average Bonchev–Trinajstić information content (AvgIpc) is 3.24. The molecule has 3 heterocycles. The van der Waals surface area contributed by atoms with Crippen LogP contribution in [0.1, 0.15) is 23.0 Å². The van der Waals surface area contributed by atoms with Gasteiger partial charge in [-0.1, -0.05) is 6.07 Å². The topological polar surface area (TPSA) is 84.3 Å². The maximum atomic E-state index is 12.4. The highest BCUT2D eigenvalue weighted by molar-refractivity contribution is 7.91. The van der Waals surface area contributed by atoms with Crippen LogP contribution in [0.3, 0.4) is 0 Å². The van der Waals surface area contributed by atoms with Gasteiger partial charge in [-0.15, -0.1) is 11.3 Å². The van der Waals surface area contributed by atoms with Gasteiger partial charge in [0.2, 0.25) is 0 Å². The minimum Gasteiger partial charge on any atom is -0.349 e. The molecule has 1 N–H and O–H groups in total. The summed E-state index contributed by atoms with van der Waals surface area (Å²) in [4.78, 5) is 15.3. The summed E-state index contributed by atoms with van der Waals surface area (Å²) in [6.07, 6.45) is 0.532. The van der Waals surface area contributed by atoms with Gasteiger partial charge in [0, 0.05) is 13.1 Å². The number of carbonyl (C=O) groups excluding carboxylic acids is 1. The number of thiophene rings is 1. The second kappa shape index (κ2) is 7.27. The first kappa shape index (κ1) is 18.1. The number of nitrogens with zero attached hydrogens (tertiary/aromatic N) is 3. The summed E-state index contributed by atoms with van der Waals surface area (Å²) in [6, 6.07) is 5.42. The van der Waals surface area contributed by atoms with Gasteiger partial charge in [0.15, 0.2) is 15.5 Å². The van der Waals surface area contributed by atoms with Crippen LogP contribution in [0.5, 0.6) is 0 Å². The molecule has 136 valence electrons. The van der Waals surface area contributed by atoms with Crippen LogP contribution in [0.15, 0.2) is 23.6 Å². The molecular formula is C16H22N4O3S2. The highest BCUT2D eigenvalue weighted by Crippen LogP contribution is 2.32. The highest BCUT2D eigenvalue weighted by Gasteiger charge is 2.32. The summed E-state index contributed by atoms with van der Waals surface area (Å²) in [5.41, 5.74) is 1.13. The quantitative estimate of drug-likeness (QED) is 0.813. The van der Waals surface area contributed by atoms with Gasteiger partial charge in [0.25, 0.3) is 5.91 Å². The fourth-order valence-electron chi connectivity index (χ4n) is 2.84. The number of hydrogen-bond acceptors (Lipinski definition) is 6. The Morgan fingerprint density at radius 2 is 2.28 bits per heavy atom. The predicted molar refractivity (Wildman–Crippen MR) is 98.7 cm³/mol. The Morgan fingerprint density at radius 1 is 1.48 bits per heavy atom. The van der Waals surface area contributed by atoms with Crippen LogP contribution in [0.2, 0.25) is 0 Å². The molecule has 1 saturated heterocycles. The van der Waals surface area contributed by atoms with Gasteiger partial charge in [0.1, 0.15) is 0 Å². The Labute approximate surface area is 151 Å². The van der Waals surface area contributed by atoms with E-state index in [4.69, 9.17) is 0 Å². The molecule has 2 aromatic rings. The normalized spacial score (nSPS) is 19.4. The Balaban J connectivity index is 1.86. The third-order valence-electron chi connectivity index (χ3n) is 4.14. The van der Waals surface area contributed by atoms with Crippen LogP contribution in [0.25, 0.3) is 10.6 Å². The van der Waals surface area contributed by atoms with Gasteiger partial charge in [-0.2, -0.15) is 5.10 Å². The molecule has 1 amide bonds. The summed E-state index contributed by atoms with van der Waals surface area (Å²) in [7, 11) is 0.854. The maximum absolute atomic E-state index is 12.4. The lowest BCUT2D eigenvalue weighted by atomic mass is 10.2. The first-order chi connectivity index (χ1) is 11.9. The van der Waals surface area contributed by atoms with Crippen LogP contribution < -0.4 is 5.32 Å². The molecule has 25 heavy (non-hydrogen) atoms. The lowest BCUT2D eigenvalue weighted by Gasteiger charge is -2.12. The lowest BCUT2D eigenvalue weighted by molar-refractivity contribution is 0.0945. The standard InChI is InChI=1S/C16H22N4O3S2/c1-19(2)7-6-17-16(21)13-10-14(15-4-3-8-24-15)20(18-13)12-5-9-25(22,23)11-12/h3-4,8,10,12H,5-7,9,11H2,1-2H3,(H,17,21). The summed E-state index contributed by atoms with van der Waals surface area (Å²) in [5.74, 6) is 0.0137. The van der Waals surface area contributed by atoms with Gasteiger partial charge in [-0.05, 0) is 38.0 Å². The average molecular weight is 383 g/mol. The van der Waals surface area contributed by atoms with Crippen molar-refractivity contribution >= 4 is 27.1 Å². The number of nitrogens with one attached hydrogen (secondary N) is 1. The highest BCUT2D eigenvalue weighted by atomic mass is 32.2. The van der Waals surface area contributed by atoms with E-state index in [2.05, 4.69) is 10.4 Å². The molecule has 1 aliphatic rings. The minimum atomic E-state index is -3.03. The summed E-state index contributed by atoms with van der Waals surface area (Å²) < 4.78 is 25.4.